The zero-order valence-corrected chi connectivity index (χ0v) is 45.8. The Hall–Kier alpha value is -9.38. The van der Waals surface area contributed by atoms with Gasteiger partial charge in [0.1, 0.15) is 28.4 Å². The lowest BCUT2D eigenvalue weighted by Gasteiger charge is -2.43. The van der Waals surface area contributed by atoms with Crippen LogP contribution in [0.15, 0.2) is 253 Å². The second-order valence-corrected chi connectivity index (χ2v) is 23.9. The van der Waals surface area contributed by atoms with E-state index in [2.05, 4.69) is 289 Å². The zero-order chi connectivity index (χ0) is 54.1. The first-order valence-corrected chi connectivity index (χ1v) is 28.0. The van der Waals surface area contributed by atoms with Gasteiger partial charge in [-0.3, -0.25) is 0 Å². The van der Waals surface area contributed by atoms with Gasteiger partial charge in [-0.05, 0) is 104 Å². The third-order valence-electron chi connectivity index (χ3n) is 17.4. The van der Waals surface area contributed by atoms with E-state index < -0.39 is 10.8 Å². The highest BCUT2D eigenvalue weighted by molar-refractivity contribution is 6.11. The molecule has 3 aliphatic rings. The van der Waals surface area contributed by atoms with Crippen LogP contribution >= 0.6 is 0 Å². The summed E-state index contributed by atoms with van der Waals surface area (Å²) in [4.78, 5) is 2.44. The molecule has 0 unspecified atom stereocenters. The molecular formula is C76H59NO3. The average molecular weight is 1030 g/mol. The molecule has 0 saturated carbocycles. The molecule has 386 valence electrons. The van der Waals surface area contributed by atoms with E-state index >= 15 is 0 Å². The van der Waals surface area contributed by atoms with Crippen molar-refractivity contribution < 1.29 is 13.9 Å². The fourth-order valence-corrected chi connectivity index (χ4v) is 13.7. The number of hydrogen-bond donors (Lipinski definition) is 0. The van der Waals surface area contributed by atoms with Crippen LogP contribution in [0.5, 0.6) is 23.0 Å². The van der Waals surface area contributed by atoms with Crippen LogP contribution in [0, 0.1) is 0 Å². The maximum atomic E-state index is 7.65. The maximum Gasteiger partial charge on any atom is 0.156 e. The molecule has 80 heavy (non-hydrogen) atoms. The Labute approximate surface area is 468 Å². The molecule has 1 aromatic heterocycles. The fourth-order valence-electron chi connectivity index (χ4n) is 13.7. The van der Waals surface area contributed by atoms with Crippen molar-refractivity contribution >= 4 is 39.0 Å². The molecular weight excluding hydrogens is 975 g/mol. The number of fused-ring (bicyclic) bond motifs is 14. The number of anilines is 3. The highest BCUT2D eigenvalue weighted by Gasteiger charge is 2.53. The summed E-state index contributed by atoms with van der Waals surface area (Å²) < 4.78 is 21.6. The molecule has 2 aliphatic heterocycles. The Balaban J connectivity index is 1.06. The Morgan fingerprint density at radius 2 is 0.850 bits per heavy atom. The van der Waals surface area contributed by atoms with E-state index in [-0.39, 0.29) is 10.8 Å². The predicted octanol–water partition coefficient (Wildman–Crippen LogP) is 20.3. The summed E-state index contributed by atoms with van der Waals surface area (Å²) in [5.41, 5.74) is 19.0. The second kappa shape index (κ2) is 17.6. The summed E-state index contributed by atoms with van der Waals surface area (Å²) in [6, 6.07) is 90.8. The first kappa shape index (κ1) is 47.8. The van der Waals surface area contributed by atoms with E-state index in [1.165, 1.54) is 33.4 Å². The molecule has 0 N–H and O–H groups in total. The van der Waals surface area contributed by atoms with Crippen molar-refractivity contribution in [1.29, 1.82) is 0 Å². The normalized spacial score (nSPS) is 14.3. The molecule has 0 bridgehead atoms. The Kier molecular flexibility index (Phi) is 10.5. The van der Waals surface area contributed by atoms with Gasteiger partial charge in [-0.1, -0.05) is 242 Å². The van der Waals surface area contributed by atoms with Crippen LogP contribution in [0.4, 0.5) is 17.1 Å². The van der Waals surface area contributed by atoms with Gasteiger partial charge in [0, 0.05) is 49.8 Å². The molecule has 11 aromatic carbocycles. The van der Waals surface area contributed by atoms with Crippen molar-refractivity contribution in [2.75, 3.05) is 4.90 Å². The highest BCUT2D eigenvalue weighted by atomic mass is 16.5. The Morgan fingerprint density at radius 3 is 1.52 bits per heavy atom. The number of para-hydroxylation sites is 6. The van der Waals surface area contributed by atoms with Crippen molar-refractivity contribution in [1.82, 2.24) is 0 Å². The number of nitrogens with zero attached hydrogens (tertiary/aromatic N) is 1. The van der Waals surface area contributed by atoms with Crippen LogP contribution < -0.4 is 14.4 Å². The predicted molar refractivity (Wildman–Crippen MR) is 327 cm³/mol. The summed E-state index contributed by atoms with van der Waals surface area (Å²) in [5.74, 6) is 3.25. The average Bonchev–Trinajstić information content (AvgIpc) is 3.96. The van der Waals surface area contributed by atoms with Gasteiger partial charge in [-0.2, -0.15) is 0 Å². The lowest BCUT2D eigenvalue weighted by Crippen LogP contribution is -2.34. The lowest BCUT2D eigenvalue weighted by atomic mass is 9.63. The number of benzene rings is 11. The minimum atomic E-state index is -0.768. The van der Waals surface area contributed by atoms with Crippen molar-refractivity contribution in [3.63, 3.8) is 0 Å². The van der Waals surface area contributed by atoms with Crippen molar-refractivity contribution in [2.45, 2.75) is 63.2 Å². The topological polar surface area (TPSA) is 34.8 Å². The van der Waals surface area contributed by atoms with E-state index in [0.29, 0.717) is 0 Å². The molecule has 3 heterocycles. The molecule has 4 heteroatoms. The van der Waals surface area contributed by atoms with Gasteiger partial charge < -0.3 is 18.8 Å². The first-order valence-electron chi connectivity index (χ1n) is 28.0. The standard InChI is InChI=1S/C76H59NO3/c1-73(2,3)50-39-42-53-54-43-40-51(74(4,5)6)46-63(54)76(62(53)45-50)60-32-16-20-38-69(60)80-72-61(76)33-22-35-66(72)77(65-34-17-13-27-55(65)57-29-21-30-58-56-28-14-18-36-67(56)79-71(57)58)52-41-44-70-64(47-52)75(48-23-9-7-10-24-48,49-25-11-8-12-26-49)59-31-15-19-37-68(59)78-70/h7-47H,1-6H3. The van der Waals surface area contributed by atoms with Gasteiger partial charge in [0.15, 0.2) is 5.75 Å². The summed E-state index contributed by atoms with van der Waals surface area (Å²) in [7, 11) is 0. The Bertz CT molecular complexity index is 4350. The molecule has 12 aromatic rings. The minimum Gasteiger partial charge on any atom is -0.457 e. The van der Waals surface area contributed by atoms with Crippen LogP contribution in [0.3, 0.4) is 0 Å². The monoisotopic (exact) mass is 1030 g/mol. The van der Waals surface area contributed by atoms with Gasteiger partial charge in [0.25, 0.3) is 0 Å². The molecule has 0 atom stereocenters. The number of hydrogen-bond acceptors (Lipinski definition) is 4. The van der Waals surface area contributed by atoms with Gasteiger partial charge in [-0.15, -0.1) is 0 Å². The van der Waals surface area contributed by atoms with Crippen molar-refractivity contribution in [3.05, 3.63) is 304 Å². The molecule has 0 saturated heterocycles. The van der Waals surface area contributed by atoms with Crippen molar-refractivity contribution in [2.24, 2.45) is 0 Å². The molecule has 0 fully saturated rings. The number of ether oxygens (including phenoxy) is 2. The van der Waals surface area contributed by atoms with E-state index in [4.69, 9.17) is 13.9 Å². The maximum absolute atomic E-state index is 7.65. The van der Waals surface area contributed by atoms with E-state index in [1.807, 2.05) is 6.07 Å². The quantitative estimate of drug-likeness (QED) is 0.166. The molecule has 15 rings (SSSR count). The van der Waals surface area contributed by atoms with Gasteiger partial charge in [0.2, 0.25) is 0 Å². The molecule has 0 amide bonds. The summed E-state index contributed by atoms with van der Waals surface area (Å²) in [5, 5.41) is 2.16. The van der Waals surface area contributed by atoms with Gasteiger partial charge in [-0.25, -0.2) is 0 Å². The smallest absolute Gasteiger partial charge is 0.156 e. The number of furan rings is 1. The lowest BCUT2D eigenvalue weighted by molar-refractivity contribution is 0.434. The third-order valence-corrected chi connectivity index (χ3v) is 17.4. The van der Waals surface area contributed by atoms with Crippen LogP contribution in [-0.4, -0.2) is 0 Å². The fraction of sp³-hybridized carbons (Fsp3) is 0.132. The van der Waals surface area contributed by atoms with E-state index in [1.54, 1.807) is 0 Å². The van der Waals surface area contributed by atoms with E-state index in [0.717, 1.165) is 107 Å². The molecule has 1 aliphatic carbocycles. The SMILES string of the molecule is CC(C)(C)c1ccc2c(c1)C1(c3ccccc3Oc3c(N(c4ccc5c(c4)C(c4ccccc4)(c4ccccc4)c4ccccc4O5)c4ccccc4-c4cccc5c4oc4ccccc45)cccc31)c1cc(C(C)(C)C)ccc1-2. The summed E-state index contributed by atoms with van der Waals surface area (Å²) in [6.07, 6.45) is 0. The minimum absolute atomic E-state index is 0.106. The van der Waals surface area contributed by atoms with Crippen LogP contribution in [0.1, 0.15) is 97.2 Å². The van der Waals surface area contributed by atoms with Gasteiger partial charge in [0.05, 0.1) is 22.2 Å². The van der Waals surface area contributed by atoms with Gasteiger partial charge >= 0.3 is 0 Å². The zero-order valence-electron chi connectivity index (χ0n) is 45.8. The Morgan fingerprint density at radius 1 is 0.338 bits per heavy atom. The highest BCUT2D eigenvalue weighted by Crippen LogP contribution is 2.65. The molecule has 4 nitrogen and oxygen atoms in total. The largest absolute Gasteiger partial charge is 0.457 e. The van der Waals surface area contributed by atoms with Crippen LogP contribution in [0.2, 0.25) is 0 Å². The van der Waals surface area contributed by atoms with Crippen LogP contribution in [-0.2, 0) is 21.7 Å². The summed E-state index contributed by atoms with van der Waals surface area (Å²) >= 11 is 0. The molecule has 1 spiro atoms. The third kappa shape index (κ3) is 6.88. The second-order valence-electron chi connectivity index (χ2n) is 23.9. The van der Waals surface area contributed by atoms with Crippen LogP contribution in [0.25, 0.3) is 44.2 Å². The van der Waals surface area contributed by atoms with E-state index in [9.17, 15) is 0 Å². The summed E-state index contributed by atoms with van der Waals surface area (Å²) in [6.45, 7) is 13.9. The van der Waals surface area contributed by atoms with Crippen molar-refractivity contribution in [3.8, 4) is 45.3 Å². The number of rotatable bonds is 6. The first-order chi connectivity index (χ1) is 38.9. The molecule has 0 radical (unpaired) electrons.